The van der Waals surface area contributed by atoms with Crippen molar-refractivity contribution in [3.05, 3.63) is 57.6 Å². The quantitative estimate of drug-likeness (QED) is 0.732. The van der Waals surface area contributed by atoms with Crippen LogP contribution in [0.5, 0.6) is 0 Å². The van der Waals surface area contributed by atoms with E-state index in [-0.39, 0.29) is 0 Å². The van der Waals surface area contributed by atoms with Crippen molar-refractivity contribution in [2.75, 3.05) is 31.2 Å². The largest absolute Gasteiger partial charge is 0.378 e. The molecule has 1 fully saturated rings. The summed E-state index contributed by atoms with van der Waals surface area (Å²) in [6, 6.07) is 12.7. The molecule has 0 aliphatic carbocycles. The molecule has 3 rings (SSSR count). The Kier molecular flexibility index (Phi) is 5.13. The SMILES string of the molecule is Cc1ccc(N=Cc2ccc(N3CCOCC3)cc2C)c(Br)c1. The highest BCUT2D eigenvalue weighted by molar-refractivity contribution is 9.10. The first-order valence-electron chi connectivity index (χ1n) is 7.87. The van der Waals surface area contributed by atoms with Gasteiger partial charge in [0.2, 0.25) is 0 Å². The molecule has 2 aromatic rings. The van der Waals surface area contributed by atoms with Gasteiger partial charge < -0.3 is 9.64 Å². The van der Waals surface area contributed by atoms with Crippen LogP contribution in [0.3, 0.4) is 0 Å². The van der Waals surface area contributed by atoms with Crippen LogP contribution in [-0.2, 0) is 4.74 Å². The topological polar surface area (TPSA) is 24.8 Å². The average Bonchev–Trinajstić information content (AvgIpc) is 2.56. The lowest BCUT2D eigenvalue weighted by Gasteiger charge is -2.29. The Morgan fingerprint density at radius 3 is 2.57 bits per heavy atom. The highest BCUT2D eigenvalue weighted by atomic mass is 79.9. The monoisotopic (exact) mass is 372 g/mol. The van der Waals surface area contributed by atoms with Crippen LogP contribution in [0.25, 0.3) is 0 Å². The fourth-order valence-corrected chi connectivity index (χ4v) is 3.27. The number of ether oxygens (including phenoxy) is 1. The third-order valence-electron chi connectivity index (χ3n) is 4.08. The van der Waals surface area contributed by atoms with E-state index in [1.165, 1.54) is 16.8 Å². The number of hydrogen-bond acceptors (Lipinski definition) is 3. The van der Waals surface area contributed by atoms with Crippen molar-refractivity contribution >= 4 is 33.5 Å². The average molecular weight is 373 g/mol. The van der Waals surface area contributed by atoms with Crippen molar-refractivity contribution in [2.24, 2.45) is 4.99 Å². The summed E-state index contributed by atoms with van der Waals surface area (Å²) < 4.78 is 6.44. The molecule has 1 aliphatic rings. The fraction of sp³-hybridized carbons (Fsp3) is 0.316. The molecule has 1 heterocycles. The predicted molar refractivity (Wildman–Crippen MR) is 100 cm³/mol. The van der Waals surface area contributed by atoms with Gasteiger partial charge in [0.25, 0.3) is 0 Å². The van der Waals surface area contributed by atoms with Gasteiger partial charge in [-0.25, -0.2) is 0 Å². The van der Waals surface area contributed by atoms with Gasteiger partial charge >= 0.3 is 0 Å². The van der Waals surface area contributed by atoms with E-state index in [1.807, 2.05) is 12.3 Å². The number of anilines is 1. The molecule has 0 radical (unpaired) electrons. The molecule has 120 valence electrons. The second-order valence-electron chi connectivity index (χ2n) is 5.85. The number of benzene rings is 2. The smallest absolute Gasteiger partial charge is 0.0772 e. The summed E-state index contributed by atoms with van der Waals surface area (Å²) in [6.45, 7) is 7.75. The van der Waals surface area contributed by atoms with Gasteiger partial charge in [-0.15, -0.1) is 0 Å². The zero-order valence-corrected chi connectivity index (χ0v) is 15.1. The van der Waals surface area contributed by atoms with E-state index >= 15 is 0 Å². The highest BCUT2D eigenvalue weighted by Crippen LogP contribution is 2.26. The Morgan fingerprint density at radius 1 is 1.09 bits per heavy atom. The highest BCUT2D eigenvalue weighted by Gasteiger charge is 2.11. The van der Waals surface area contributed by atoms with Crippen LogP contribution < -0.4 is 4.90 Å². The summed E-state index contributed by atoms with van der Waals surface area (Å²) in [5.74, 6) is 0. The van der Waals surface area contributed by atoms with Crippen LogP contribution in [0.15, 0.2) is 45.9 Å². The minimum Gasteiger partial charge on any atom is -0.378 e. The van der Waals surface area contributed by atoms with Gasteiger partial charge in [0.15, 0.2) is 0 Å². The van der Waals surface area contributed by atoms with Gasteiger partial charge in [-0.3, -0.25) is 4.99 Å². The summed E-state index contributed by atoms with van der Waals surface area (Å²) in [5, 5.41) is 0. The predicted octanol–water partition coefficient (Wildman–Crippen LogP) is 4.65. The summed E-state index contributed by atoms with van der Waals surface area (Å²) in [7, 11) is 0. The molecule has 0 spiro atoms. The molecule has 0 aromatic heterocycles. The van der Waals surface area contributed by atoms with E-state index in [9.17, 15) is 0 Å². The lowest BCUT2D eigenvalue weighted by molar-refractivity contribution is 0.122. The molecular weight excluding hydrogens is 352 g/mol. The zero-order valence-electron chi connectivity index (χ0n) is 13.6. The Hall–Kier alpha value is -1.65. The number of aliphatic imine (C=N–C) groups is 1. The molecule has 0 N–H and O–H groups in total. The molecule has 0 atom stereocenters. The third-order valence-corrected chi connectivity index (χ3v) is 4.71. The molecule has 0 saturated carbocycles. The second-order valence-corrected chi connectivity index (χ2v) is 6.71. The van der Waals surface area contributed by atoms with Crippen LogP contribution in [0.4, 0.5) is 11.4 Å². The first-order chi connectivity index (χ1) is 11.1. The number of nitrogens with zero attached hydrogens (tertiary/aromatic N) is 2. The van der Waals surface area contributed by atoms with E-state index in [1.54, 1.807) is 0 Å². The molecule has 4 heteroatoms. The number of hydrogen-bond donors (Lipinski definition) is 0. The van der Waals surface area contributed by atoms with Gasteiger partial charge in [-0.2, -0.15) is 0 Å². The van der Waals surface area contributed by atoms with E-state index in [0.717, 1.165) is 42.0 Å². The maximum Gasteiger partial charge on any atom is 0.0772 e. The summed E-state index contributed by atoms with van der Waals surface area (Å²) in [6.07, 6.45) is 1.94. The van der Waals surface area contributed by atoms with E-state index in [0.29, 0.717) is 0 Å². The van der Waals surface area contributed by atoms with Crippen molar-refractivity contribution in [3.8, 4) is 0 Å². The summed E-state index contributed by atoms with van der Waals surface area (Å²) in [5.41, 5.74) is 5.82. The van der Waals surface area contributed by atoms with Gasteiger partial charge in [0.1, 0.15) is 0 Å². The minimum atomic E-state index is 0.809. The molecule has 0 amide bonds. The Balaban J connectivity index is 1.79. The standard InChI is InChI=1S/C19H21BrN2O/c1-14-3-6-19(18(20)11-14)21-13-16-4-5-17(12-15(16)2)22-7-9-23-10-8-22/h3-6,11-13H,7-10H2,1-2H3. The van der Waals surface area contributed by atoms with Gasteiger partial charge in [0, 0.05) is 29.5 Å². The molecule has 23 heavy (non-hydrogen) atoms. The number of aryl methyl sites for hydroxylation is 2. The molecule has 1 aliphatic heterocycles. The van der Waals surface area contributed by atoms with Crippen LogP contribution >= 0.6 is 15.9 Å². The molecule has 0 unspecified atom stereocenters. The summed E-state index contributed by atoms with van der Waals surface area (Å²) >= 11 is 3.57. The minimum absolute atomic E-state index is 0.809. The number of rotatable bonds is 3. The Labute approximate surface area is 146 Å². The van der Waals surface area contributed by atoms with Crippen molar-refractivity contribution < 1.29 is 4.74 Å². The van der Waals surface area contributed by atoms with Crippen LogP contribution in [0.2, 0.25) is 0 Å². The van der Waals surface area contributed by atoms with Crippen molar-refractivity contribution in [3.63, 3.8) is 0 Å². The maximum absolute atomic E-state index is 5.41. The Bertz CT molecular complexity index is 721. The van der Waals surface area contributed by atoms with Crippen LogP contribution in [0.1, 0.15) is 16.7 Å². The van der Waals surface area contributed by atoms with Crippen molar-refractivity contribution in [1.29, 1.82) is 0 Å². The third kappa shape index (κ3) is 4.01. The molecular formula is C19H21BrN2O. The molecule has 2 aromatic carbocycles. The molecule has 0 bridgehead atoms. The van der Waals surface area contributed by atoms with Crippen molar-refractivity contribution in [2.45, 2.75) is 13.8 Å². The first-order valence-corrected chi connectivity index (χ1v) is 8.66. The maximum atomic E-state index is 5.41. The molecule has 3 nitrogen and oxygen atoms in total. The van der Waals surface area contributed by atoms with Crippen LogP contribution in [0, 0.1) is 13.8 Å². The van der Waals surface area contributed by atoms with E-state index < -0.39 is 0 Å². The summed E-state index contributed by atoms with van der Waals surface area (Å²) in [4.78, 5) is 6.98. The number of morpholine rings is 1. The van der Waals surface area contributed by atoms with Crippen LogP contribution in [-0.4, -0.2) is 32.5 Å². The Morgan fingerprint density at radius 2 is 1.87 bits per heavy atom. The zero-order chi connectivity index (χ0) is 16.2. The number of halogens is 1. The lowest BCUT2D eigenvalue weighted by atomic mass is 10.1. The normalized spacial score (nSPS) is 15.3. The fourth-order valence-electron chi connectivity index (χ4n) is 2.68. The lowest BCUT2D eigenvalue weighted by Crippen LogP contribution is -2.36. The first kappa shape index (κ1) is 16.2. The molecule has 1 saturated heterocycles. The second kappa shape index (κ2) is 7.28. The van der Waals surface area contributed by atoms with E-state index in [4.69, 9.17) is 4.74 Å². The van der Waals surface area contributed by atoms with Gasteiger partial charge in [-0.05, 0) is 70.7 Å². The van der Waals surface area contributed by atoms with E-state index in [2.05, 4.69) is 70.0 Å². The van der Waals surface area contributed by atoms with Gasteiger partial charge in [0.05, 0.1) is 18.9 Å². The van der Waals surface area contributed by atoms with Gasteiger partial charge in [-0.1, -0.05) is 12.1 Å². The van der Waals surface area contributed by atoms with Crippen molar-refractivity contribution in [1.82, 2.24) is 0 Å².